The van der Waals surface area contributed by atoms with Gasteiger partial charge in [0.05, 0.1) is 20.5 Å². The van der Waals surface area contributed by atoms with Crippen LogP contribution in [0.3, 0.4) is 0 Å². The monoisotopic (exact) mass is 442 g/mol. The summed E-state index contributed by atoms with van der Waals surface area (Å²) in [4.78, 5) is 16.9. The molecule has 0 atom stereocenters. The molecule has 4 aromatic rings. The van der Waals surface area contributed by atoms with Gasteiger partial charge in [0.25, 0.3) is 0 Å². The van der Waals surface area contributed by atoms with Gasteiger partial charge in [-0.15, -0.1) is 0 Å². The molecular formula is C27H26N2O4. The minimum atomic E-state index is -0.262. The molecule has 33 heavy (non-hydrogen) atoms. The lowest BCUT2D eigenvalue weighted by Gasteiger charge is -2.14. The number of carbonyl (C=O) groups is 1. The second kappa shape index (κ2) is 9.20. The molecule has 168 valence electrons. The van der Waals surface area contributed by atoms with E-state index in [1.165, 1.54) is 0 Å². The Morgan fingerprint density at radius 3 is 2.58 bits per heavy atom. The molecule has 0 radical (unpaired) electrons. The summed E-state index contributed by atoms with van der Waals surface area (Å²) >= 11 is 0. The molecule has 0 aliphatic rings. The van der Waals surface area contributed by atoms with Gasteiger partial charge in [0.2, 0.25) is 5.91 Å². The van der Waals surface area contributed by atoms with Gasteiger partial charge in [0.1, 0.15) is 22.9 Å². The molecule has 2 heterocycles. The number of hydrogen-bond acceptors (Lipinski definition) is 5. The molecule has 1 amide bonds. The van der Waals surface area contributed by atoms with Crippen molar-refractivity contribution < 1.29 is 18.7 Å². The Balaban J connectivity index is 1.79. The molecule has 6 heteroatoms. The molecule has 2 aromatic carbocycles. The summed E-state index contributed by atoms with van der Waals surface area (Å²) in [5.41, 5.74) is 6.03. The number of carbonyl (C=O) groups excluding carboxylic acids is 1. The van der Waals surface area contributed by atoms with Crippen molar-refractivity contribution >= 4 is 28.3 Å². The molecule has 0 saturated carbocycles. The number of rotatable bonds is 6. The van der Waals surface area contributed by atoms with Gasteiger partial charge < -0.3 is 19.2 Å². The van der Waals surface area contributed by atoms with Gasteiger partial charge in [-0.1, -0.05) is 18.2 Å². The van der Waals surface area contributed by atoms with Gasteiger partial charge in [0.15, 0.2) is 0 Å². The fraction of sp³-hybridized carbons (Fsp3) is 0.185. The number of para-hydroxylation sites is 1. The number of fused-ring (bicyclic) bond motifs is 1. The number of pyridine rings is 1. The fourth-order valence-electron chi connectivity index (χ4n) is 3.99. The van der Waals surface area contributed by atoms with Crippen LogP contribution in [-0.4, -0.2) is 25.1 Å². The number of methoxy groups -OCH3 is 2. The zero-order valence-electron chi connectivity index (χ0n) is 19.4. The minimum absolute atomic E-state index is 0.262. The normalized spacial score (nSPS) is 11.5. The van der Waals surface area contributed by atoms with Crippen molar-refractivity contribution in [3.63, 3.8) is 0 Å². The minimum Gasteiger partial charge on any atom is -0.496 e. The number of aromatic nitrogens is 1. The Labute approximate surface area is 192 Å². The van der Waals surface area contributed by atoms with Crippen LogP contribution < -0.4 is 14.8 Å². The SMILES string of the molecule is COc1ccccc1-c1coc2c(C)c(OC)c(/C(C)=C/C(=O)Nc3cc(C)ccn3)cc12. The smallest absolute Gasteiger partial charge is 0.249 e. The number of hydrogen-bond donors (Lipinski definition) is 1. The van der Waals surface area contributed by atoms with Crippen LogP contribution in [0.25, 0.3) is 27.7 Å². The summed E-state index contributed by atoms with van der Waals surface area (Å²) in [6.45, 7) is 5.78. The fourth-order valence-corrected chi connectivity index (χ4v) is 3.99. The van der Waals surface area contributed by atoms with Crippen molar-refractivity contribution in [1.82, 2.24) is 4.98 Å². The van der Waals surface area contributed by atoms with Gasteiger partial charge in [-0.25, -0.2) is 4.98 Å². The maximum Gasteiger partial charge on any atom is 0.249 e. The van der Waals surface area contributed by atoms with Crippen molar-refractivity contribution in [2.45, 2.75) is 20.8 Å². The van der Waals surface area contributed by atoms with E-state index in [2.05, 4.69) is 10.3 Å². The summed E-state index contributed by atoms with van der Waals surface area (Å²) in [6.07, 6.45) is 4.95. The van der Waals surface area contributed by atoms with Gasteiger partial charge in [-0.05, 0) is 56.2 Å². The maximum absolute atomic E-state index is 12.7. The van der Waals surface area contributed by atoms with Crippen LogP contribution in [0.1, 0.15) is 23.6 Å². The summed E-state index contributed by atoms with van der Waals surface area (Å²) < 4.78 is 17.2. The molecule has 0 saturated heterocycles. The summed E-state index contributed by atoms with van der Waals surface area (Å²) in [5.74, 6) is 1.67. The van der Waals surface area contributed by atoms with E-state index in [0.29, 0.717) is 11.6 Å². The second-order valence-electron chi connectivity index (χ2n) is 7.84. The zero-order chi connectivity index (χ0) is 23.5. The van der Waals surface area contributed by atoms with Crippen molar-refractivity contribution in [3.8, 4) is 22.6 Å². The number of nitrogens with zero attached hydrogens (tertiary/aromatic N) is 1. The highest BCUT2D eigenvalue weighted by molar-refractivity contribution is 6.05. The Bertz CT molecular complexity index is 1370. The van der Waals surface area contributed by atoms with Gasteiger partial charge >= 0.3 is 0 Å². The van der Waals surface area contributed by atoms with Crippen molar-refractivity contribution in [1.29, 1.82) is 0 Å². The maximum atomic E-state index is 12.7. The summed E-state index contributed by atoms with van der Waals surface area (Å²) in [7, 11) is 3.27. The average molecular weight is 443 g/mol. The lowest BCUT2D eigenvalue weighted by atomic mass is 9.96. The Hall–Kier alpha value is -4.06. The van der Waals surface area contributed by atoms with E-state index in [-0.39, 0.29) is 5.91 Å². The van der Waals surface area contributed by atoms with Gasteiger partial charge in [-0.3, -0.25) is 4.79 Å². The molecule has 0 spiro atoms. The number of furan rings is 1. The first-order valence-electron chi connectivity index (χ1n) is 10.6. The second-order valence-corrected chi connectivity index (χ2v) is 7.84. The molecule has 0 aliphatic carbocycles. The van der Waals surface area contributed by atoms with Crippen LogP contribution in [0, 0.1) is 13.8 Å². The van der Waals surface area contributed by atoms with E-state index in [1.54, 1.807) is 32.8 Å². The van der Waals surface area contributed by atoms with Crippen molar-refractivity contribution in [3.05, 3.63) is 77.7 Å². The molecule has 0 fully saturated rings. The lowest BCUT2D eigenvalue weighted by Crippen LogP contribution is -2.10. The first-order valence-corrected chi connectivity index (χ1v) is 10.6. The number of aryl methyl sites for hydroxylation is 2. The van der Waals surface area contributed by atoms with Crippen LogP contribution in [0.4, 0.5) is 5.82 Å². The van der Waals surface area contributed by atoms with Crippen LogP contribution in [0.2, 0.25) is 0 Å². The number of ether oxygens (including phenoxy) is 2. The molecule has 0 aliphatic heterocycles. The third kappa shape index (κ3) is 4.32. The molecular weight excluding hydrogens is 416 g/mol. The third-order valence-corrected chi connectivity index (χ3v) is 5.58. The zero-order valence-corrected chi connectivity index (χ0v) is 19.4. The summed E-state index contributed by atoms with van der Waals surface area (Å²) in [5, 5.41) is 3.74. The van der Waals surface area contributed by atoms with E-state index in [4.69, 9.17) is 13.9 Å². The first kappa shape index (κ1) is 22.1. The number of benzene rings is 2. The van der Waals surface area contributed by atoms with E-state index in [1.807, 2.05) is 63.2 Å². The van der Waals surface area contributed by atoms with Crippen molar-refractivity contribution in [2.75, 3.05) is 19.5 Å². The van der Waals surface area contributed by atoms with E-state index >= 15 is 0 Å². The third-order valence-electron chi connectivity index (χ3n) is 5.58. The van der Waals surface area contributed by atoms with Crippen LogP contribution in [0.15, 0.2) is 65.4 Å². The Kier molecular flexibility index (Phi) is 6.18. The molecule has 2 aromatic heterocycles. The predicted molar refractivity (Wildman–Crippen MR) is 131 cm³/mol. The van der Waals surface area contributed by atoms with Crippen molar-refractivity contribution in [2.24, 2.45) is 0 Å². The molecule has 1 N–H and O–H groups in total. The largest absolute Gasteiger partial charge is 0.496 e. The molecule has 0 unspecified atom stereocenters. The highest BCUT2D eigenvalue weighted by Crippen LogP contribution is 2.42. The van der Waals surface area contributed by atoms with Gasteiger partial charge in [0, 0.05) is 39.9 Å². The molecule has 4 rings (SSSR count). The summed E-state index contributed by atoms with van der Waals surface area (Å²) in [6, 6.07) is 13.5. The van der Waals surface area contributed by atoms with E-state index in [9.17, 15) is 4.79 Å². The molecule has 6 nitrogen and oxygen atoms in total. The number of amides is 1. The highest BCUT2D eigenvalue weighted by Gasteiger charge is 2.20. The Morgan fingerprint density at radius 1 is 1.06 bits per heavy atom. The number of anilines is 1. The number of nitrogens with one attached hydrogen (secondary N) is 1. The van der Waals surface area contributed by atoms with Gasteiger partial charge in [-0.2, -0.15) is 0 Å². The predicted octanol–water partition coefficient (Wildman–Crippen LogP) is 6.17. The quantitative estimate of drug-likeness (QED) is 0.362. The average Bonchev–Trinajstić information content (AvgIpc) is 3.23. The van der Waals surface area contributed by atoms with E-state index in [0.717, 1.165) is 50.1 Å². The van der Waals surface area contributed by atoms with Crippen LogP contribution >= 0.6 is 0 Å². The standard InChI is InChI=1S/C27H26N2O4/c1-16-10-11-28-24(12-16)29-25(30)13-17(2)20-14-21-22(19-8-6-7-9-23(19)31-4)15-33-27(21)18(3)26(20)32-5/h6-15H,1-5H3,(H,28,29,30)/b17-13+. The number of allylic oxidation sites excluding steroid dienone is 1. The Morgan fingerprint density at radius 2 is 1.85 bits per heavy atom. The highest BCUT2D eigenvalue weighted by atomic mass is 16.5. The first-order chi connectivity index (χ1) is 15.9. The van der Waals surface area contributed by atoms with Crippen LogP contribution in [0.5, 0.6) is 11.5 Å². The molecule has 0 bridgehead atoms. The van der Waals surface area contributed by atoms with Crippen LogP contribution in [-0.2, 0) is 4.79 Å². The topological polar surface area (TPSA) is 73.6 Å². The lowest BCUT2D eigenvalue weighted by molar-refractivity contribution is -0.111. The van der Waals surface area contributed by atoms with E-state index < -0.39 is 0 Å².